The number of thiophene rings is 1. The van der Waals surface area contributed by atoms with Gasteiger partial charge in [-0.25, -0.2) is 0 Å². The molecule has 0 amide bonds. The lowest BCUT2D eigenvalue weighted by molar-refractivity contribution is 0.539. The van der Waals surface area contributed by atoms with Gasteiger partial charge in [-0.3, -0.25) is 4.21 Å². The lowest BCUT2D eigenvalue weighted by atomic mass is 10.2. The average Bonchev–Trinajstić information content (AvgIpc) is 2.49. The van der Waals surface area contributed by atoms with Gasteiger partial charge in [0.2, 0.25) is 0 Å². The molecule has 0 N–H and O–H groups in total. The molecule has 0 bridgehead atoms. The summed E-state index contributed by atoms with van der Waals surface area (Å²) in [7, 11) is 0. The van der Waals surface area contributed by atoms with Crippen LogP contribution in [-0.4, -0.2) is 8.76 Å². The fourth-order valence-corrected chi connectivity index (χ4v) is 2.87. The minimum absolute atomic E-state index is 0.407. The van der Waals surface area contributed by atoms with Crippen LogP contribution in [0.1, 0.15) is 5.56 Å². The van der Waals surface area contributed by atoms with Gasteiger partial charge in [0.05, 0.1) is 4.21 Å². The fraction of sp³-hybridized carbons (Fsp3) is 0.111. The highest BCUT2D eigenvalue weighted by Gasteiger charge is 2.03. The summed E-state index contributed by atoms with van der Waals surface area (Å²) in [6, 6.07) is 7.55. The van der Waals surface area contributed by atoms with Gasteiger partial charge in [0.25, 0.3) is 0 Å². The highest BCUT2D eigenvalue weighted by Crippen LogP contribution is 2.29. The molecule has 13 heavy (non-hydrogen) atoms. The summed E-state index contributed by atoms with van der Waals surface area (Å²) in [6.45, 7) is 1.98. The first kappa shape index (κ1) is 8.87. The van der Waals surface area contributed by atoms with E-state index in [-0.39, 0.29) is 0 Å². The van der Waals surface area contributed by atoms with E-state index >= 15 is 0 Å². The van der Waals surface area contributed by atoms with Crippen LogP contribution in [0.2, 0.25) is 0 Å². The van der Waals surface area contributed by atoms with E-state index in [9.17, 15) is 8.76 Å². The zero-order valence-corrected chi connectivity index (χ0v) is 8.58. The number of aryl methyl sites for hydroxylation is 1. The fourth-order valence-electron chi connectivity index (χ4n) is 1.27. The van der Waals surface area contributed by atoms with E-state index in [1.165, 1.54) is 11.3 Å². The van der Waals surface area contributed by atoms with E-state index in [1.807, 2.05) is 25.1 Å². The summed E-state index contributed by atoms with van der Waals surface area (Å²) < 4.78 is 22.8. The quantitative estimate of drug-likeness (QED) is 0.680. The van der Waals surface area contributed by atoms with E-state index in [2.05, 4.69) is 0 Å². The van der Waals surface area contributed by atoms with Crippen molar-refractivity contribution < 1.29 is 8.76 Å². The zero-order chi connectivity index (χ0) is 9.42. The lowest BCUT2D eigenvalue weighted by Crippen LogP contribution is -1.80. The van der Waals surface area contributed by atoms with E-state index in [0.29, 0.717) is 4.21 Å². The maximum Gasteiger partial charge on any atom is 0.0784 e. The molecule has 0 radical (unpaired) electrons. The second-order valence-electron chi connectivity index (χ2n) is 2.79. The molecular formula is C9H7O2S2-. The van der Waals surface area contributed by atoms with Crippen molar-refractivity contribution >= 4 is 32.5 Å². The Morgan fingerprint density at radius 3 is 2.85 bits per heavy atom. The van der Waals surface area contributed by atoms with Crippen LogP contribution in [0.3, 0.4) is 0 Å². The molecule has 0 aliphatic rings. The van der Waals surface area contributed by atoms with Gasteiger partial charge in [0.15, 0.2) is 0 Å². The van der Waals surface area contributed by atoms with Crippen LogP contribution in [0, 0.1) is 6.92 Å². The summed E-state index contributed by atoms with van der Waals surface area (Å²) in [6.07, 6.45) is 0. The molecule has 0 spiro atoms. The predicted octanol–water partition coefficient (Wildman–Crippen LogP) is 2.45. The van der Waals surface area contributed by atoms with Crippen molar-refractivity contribution in [3.63, 3.8) is 0 Å². The van der Waals surface area contributed by atoms with Crippen LogP contribution < -0.4 is 0 Å². The van der Waals surface area contributed by atoms with Gasteiger partial charge >= 0.3 is 0 Å². The van der Waals surface area contributed by atoms with Crippen molar-refractivity contribution in [2.45, 2.75) is 11.1 Å². The first-order chi connectivity index (χ1) is 6.18. The topological polar surface area (TPSA) is 40.1 Å². The normalized spacial score (nSPS) is 13.4. The Labute approximate surface area is 82.5 Å². The number of hydrogen-bond donors (Lipinski definition) is 0. The van der Waals surface area contributed by atoms with Gasteiger partial charge in [0.1, 0.15) is 0 Å². The number of fused-ring (bicyclic) bond motifs is 1. The SMILES string of the molecule is Cc1cccc2cc(S(=O)[O-])sc12. The van der Waals surface area contributed by atoms with Crippen molar-refractivity contribution in [3.05, 3.63) is 29.8 Å². The van der Waals surface area contributed by atoms with Crippen LogP contribution >= 0.6 is 11.3 Å². The molecule has 1 aromatic heterocycles. The number of benzene rings is 1. The third-order valence-electron chi connectivity index (χ3n) is 1.88. The average molecular weight is 211 g/mol. The first-order valence-electron chi connectivity index (χ1n) is 3.77. The minimum atomic E-state index is -2.10. The molecule has 1 heterocycles. The van der Waals surface area contributed by atoms with Crippen LogP contribution in [0.25, 0.3) is 10.1 Å². The summed E-state index contributed by atoms with van der Waals surface area (Å²) >= 11 is -0.782. The van der Waals surface area contributed by atoms with E-state index in [0.717, 1.165) is 15.6 Å². The highest BCUT2D eigenvalue weighted by atomic mass is 32.2. The van der Waals surface area contributed by atoms with Gasteiger partial charge in [-0.2, -0.15) is 0 Å². The van der Waals surface area contributed by atoms with Gasteiger partial charge in [-0.1, -0.05) is 18.2 Å². The Bertz CT molecular complexity index is 473. The molecule has 1 unspecified atom stereocenters. The van der Waals surface area contributed by atoms with Gasteiger partial charge in [-0.15, -0.1) is 11.3 Å². The Balaban J connectivity index is 2.75. The molecule has 2 nitrogen and oxygen atoms in total. The van der Waals surface area contributed by atoms with Crippen LogP contribution in [0.15, 0.2) is 28.5 Å². The Morgan fingerprint density at radius 1 is 1.46 bits per heavy atom. The predicted molar refractivity (Wildman–Crippen MR) is 53.7 cm³/mol. The van der Waals surface area contributed by atoms with Crippen molar-refractivity contribution in [1.82, 2.24) is 0 Å². The van der Waals surface area contributed by atoms with Crippen LogP contribution in [0.4, 0.5) is 0 Å². The summed E-state index contributed by atoms with van der Waals surface area (Å²) in [5, 5.41) is 1.00. The molecule has 4 heteroatoms. The van der Waals surface area contributed by atoms with Crippen molar-refractivity contribution in [1.29, 1.82) is 0 Å². The number of hydrogen-bond acceptors (Lipinski definition) is 3. The summed E-state index contributed by atoms with van der Waals surface area (Å²) in [5.41, 5.74) is 1.12. The lowest BCUT2D eigenvalue weighted by Gasteiger charge is -1.97. The first-order valence-corrected chi connectivity index (χ1v) is 5.66. The van der Waals surface area contributed by atoms with Crippen molar-refractivity contribution in [3.8, 4) is 0 Å². The van der Waals surface area contributed by atoms with Crippen molar-refractivity contribution in [2.75, 3.05) is 0 Å². The summed E-state index contributed by atoms with van der Waals surface area (Å²) in [5.74, 6) is 0. The van der Waals surface area contributed by atoms with Gasteiger partial charge in [0, 0.05) is 4.70 Å². The van der Waals surface area contributed by atoms with Crippen LogP contribution in [0.5, 0.6) is 0 Å². The van der Waals surface area contributed by atoms with Gasteiger partial charge in [-0.05, 0) is 35.0 Å². The monoisotopic (exact) mass is 211 g/mol. The molecule has 0 aliphatic carbocycles. The largest absolute Gasteiger partial charge is 0.768 e. The molecule has 1 aromatic carbocycles. The Kier molecular flexibility index (Phi) is 2.19. The zero-order valence-electron chi connectivity index (χ0n) is 6.94. The minimum Gasteiger partial charge on any atom is -0.768 e. The molecule has 1 atom stereocenters. The highest BCUT2D eigenvalue weighted by molar-refractivity contribution is 7.82. The second-order valence-corrected chi connectivity index (χ2v) is 5.01. The maximum absolute atomic E-state index is 10.7. The molecule has 68 valence electrons. The summed E-state index contributed by atoms with van der Waals surface area (Å²) in [4.78, 5) is 0. The third kappa shape index (κ3) is 1.52. The molecule has 0 saturated heterocycles. The van der Waals surface area contributed by atoms with E-state index < -0.39 is 11.1 Å². The standard InChI is InChI=1S/C9H8O2S2/c1-6-3-2-4-7-5-8(13(10)11)12-9(6)7/h2-5H,1H3,(H,10,11)/p-1. The Hall–Kier alpha value is -0.710. The van der Waals surface area contributed by atoms with Crippen LogP contribution in [-0.2, 0) is 11.1 Å². The smallest absolute Gasteiger partial charge is 0.0784 e. The molecule has 0 aliphatic heterocycles. The second kappa shape index (κ2) is 3.21. The molecule has 2 rings (SSSR count). The van der Waals surface area contributed by atoms with Gasteiger partial charge < -0.3 is 4.55 Å². The third-order valence-corrected chi connectivity index (χ3v) is 4.07. The molecule has 0 fully saturated rings. The van der Waals surface area contributed by atoms with E-state index in [4.69, 9.17) is 0 Å². The van der Waals surface area contributed by atoms with Crippen molar-refractivity contribution in [2.24, 2.45) is 0 Å². The van der Waals surface area contributed by atoms with E-state index in [1.54, 1.807) is 6.07 Å². The molecular weight excluding hydrogens is 204 g/mol. The Morgan fingerprint density at radius 2 is 2.23 bits per heavy atom. The number of rotatable bonds is 1. The molecule has 2 aromatic rings. The maximum atomic E-state index is 10.7. The molecule has 0 saturated carbocycles.